The molecule has 0 radical (unpaired) electrons. The highest BCUT2D eigenvalue weighted by molar-refractivity contribution is 8.27. The second-order valence-corrected chi connectivity index (χ2v) is 7.40. The maximum absolute atomic E-state index is 12.7. The van der Waals surface area contributed by atoms with Crippen molar-refractivity contribution in [3.8, 4) is 17.2 Å². The lowest BCUT2D eigenvalue weighted by molar-refractivity contribution is -0.107. The van der Waals surface area contributed by atoms with Gasteiger partial charge in [-0.3, -0.25) is 14.4 Å². The zero-order chi connectivity index (χ0) is 21.1. The Kier molecular flexibility index (Phi) is 5.62. The van der Waals surface area contributed by atoms with Crippen molar-refractivity contribution in [2.45, 2.75) is 0 Å². The number of hydrogen-bond donors (Lipinski definition) is 1. The zero-order valence-corrected chi connectivity index (χ0v) is 16.9. The molecule has 4 rings (SSSR count). The quantitative estimate of drug-likeness (QED) is 0.710. The summed E-state index contributed by atoms with van der Waals surface area (Å²) in [6.07, 6.45) is 1.61. The molecule has 2 aromatic carbocycles. The predicted octanol–water partition coefficient (Wildman–Crippen LogP) is 2.89. The largest absolute Gasteiger partial charge is 0.493 e. The molecule has 0 aromatic heterocycles. The van der Waals surface area contributed by atoms with Gasteiger partial charge in [0, 0.05) is 11.8 Å². The Hall–Kier alpha value is -3.46. The van der Waals surface area contributed by atoms with E-state index >= 15 is 0 Å². The first-order chi connectivity index (χ1) is 14.5. The van der Waals surface area contributed by atoms with Gasteiger partial charge in [-0.2, -0.15) is 0 Å². The minimum Gasteiger partial charge on any atom is -0.493 e. The Morgan fingerprint density at radius 3 is 2.67 bits per heavy atom. The molecular weight excluding hydrogens is 408 g/mol. The molecule has 2 aliphatic heterocycles. The lowest BCUT2D eigenvalue weighted by Crippen LogP contribution is -2.41. The smallest absolute Gasteiger partial charge is 0.291 e. The van der Waals surface area contributed by atoms with Crippen LogP contribution in [0.2, 0.25) is 0 Å². The van der Waals surface area contributed by atoms with Crippen LogP contribution in [0.4, 0.5) is 4.79 Å². The maximum Gasteiger partial charge on any atom is 0.291 e. The van der Waals surface area contributed by atoms with E-state index < -0.39 is 0 Å². The van der Waals surface area contributed by atoms with E-state index in [9.17, 15) is 14.4 Å². The molecule has 9 heteroatoms. The van der Waals surface area contributed by atoms with Crippen LogP contribution in [0.15, 0.2) is 48.2 Å². The summed E-state index contributed by atoms with van der Waals surface area (Å²) in [5.74, 6) is 1.48. The minimum atomic E-state index is -0.372. The van der Waals surface area contributed by atoms with Gasteiger partial charge >= 0.3 is 0 Å². The number of thioether (sulfide) groups is 1. The van der Waals surface area contributed by atoms with Crippen molar-refractivity contribution in [3.05, 3.63) is 59.3 Å². The molecule has 30 heavy (non-hydrogen) atoms. The number of hydrogen-bond acceptors (Lipinski definition) is 7. The van der Waals surface area contributed by atoms with E-state index in [1.54, 1.807) is 53.4 Å². The summed E-state index contributed by atoms with van der Waals surface area (Å²) in [7, 11) is 1.53. The molecule has 1 saturated heterocycles. The fraction of sp³-hybridized carbons (Fsp3) is 0.190. The number of methoxy groups -OCH3 is 1. The van der Waals surface area contributed by atoms with Crippen molar-refractivity contribution in [2.75, 3.05) is 27.0 Å². The van der Waals surface area contributed by atoms with Gasteiger partial charge in [-0.25, -0.2) is 0 Å². The van der Waals surface area contributed by atoms with E-state index in [-0.39, 0.29) is 28.7 Å². The highest BCUT2D eigenvalue weighted by atomic mass is 32.2. The summed E-state index contributed by atoms with van der Waals surface area (Å²) < 4.78 is 16.6. The molecule has 2 aliphatic rings. The standard InChI is InChI=1S/C21H18N2O6S/c1-27-17-4-2-3-15-18(17)29-12-23(19(15)24)9-10-28-14-7-5-13(6-8-14)11-16-20(25)30-21(26)22-16/h2-8,11H,9-10,12H2,1H3,(H,22,26). The van der Waals surface area contributed by atoms with Crippen LogP contribution in [-0.2, 0) is 4.79 Å². The summed E-state index contributed by atoms with van der Waals surface area (Å²) in [6, 6.07) is 12.3. The Morgan fingerprint density at radius 1 is 1.17 bits per heavy atom. The van der Waals surface area contributed by atoms with E-state index in [0.717, 1.165) is 5.56 Å². The molecule has 8 nitrogen and oxygen atoms in total. The summed E-state index contributed by atoms with van der Waals surface area (Å²) in [5.41, 5.74) is 1.49. The number of nitrogens with zero attached hydrogens (tertiary/aromatic N) is 1. The number of ether oxygens (including phenoxy) is 3. The van der Waals surface area contributed by atoms with Gasteiger partial charge in [-0.1, -0.05) is 18.2 Å². The molecule has 154 valence electrons. The molecule has 2 aromatic rings. The Morgan fingerprint density at radius 2 is 1.97 bits per heavy atom. The molecule has 0 atom stereocenters. The monoisotopic (exact) mass is 426 g/mol. The Labute approximate surface area is 176 Å². The SMILES string of the molecule is COc1cccc2c1OCN(CCOc1ccc(C=C3NC(=O)SC3=O)cc1)C2=O. The number of benzene rings is 2. The Balaban J connectivity index is 1.32. The third kappa shape index (κ3) is 4.11. The van der Waals surface area contributed by atoms with Crippen LogP contribution in [0, 0.1) is 0 Å². The van der Waals surface area contributed by atoms with Gasteiger partial charge in [0.1, 0.15) is 12.4 Å². The molecule has 0 spiro atoms. The molecule has 0 saturated carbocycles. The van der Waals surface area contributed by atoms with E-state index in [4.69, 9.17) is 14.2 Å². The van der Waals surface area contributed by atoms with Crippen molar-refractivity contribution in [1.29, 1.82) is 0 Å². The van der Waals surface area contributed by atoms with Crippen LogP contribution >= 0.6 is 11.8 Å². The number of para-hydroxylation sites is 1. The molecule has 0 aliphatic carbocycles. The lowest BCUT2D eigenvalue weighted by atomic mass is 10.1. The fourth-order valence-electron chi connectivity index (χ4n) is 3.05. The number of rotatable bonds is 6. The van der Waals surface area contributed by atoms with Gasteiger partial charge < -0.3 is 24.4 Å². The molecule has 1 fully saturated rings. The average Bonchev–Trinajstić information content (AvgIpc) is 3.07. The van der Waals surface area contributed by atoms with Crippen molar-refractivity contribution in [1.82, 2.24) is 10.2 Å². The molecule has 0 bridgehead atoms. The van der Waals surface area contributed by atoms with Crippen LogP contribution in [0.25, 0.3) is 6.08 Å². The van der Waals surface area contributed by atoms with Crippen LogP contribution in [-0.4, -0.2) is 48.2 Å². The molecule has 2 heterocycles. The van der Waals surface area contributed by atoms with Crippen molar-refractivity contribution in [2.24, 2.45) is 0 Å². The summed E-state index contributed by atoms with van der Waals surface area (Å²) in [4.78, 5) is 37.0. The van der Waals surface area contributed by atoms with Gasteiger partial charge in [0.25, 0.3) is 11.1 Å². The van der Waals surface area contributed by atoms with Gasteiger partial charge in [-0.05, 0) is 35.9 Å². The van der Waals surface area contributed by atoms with Crippen LogP contribution < -0.4 is 19.5 Å². The number of amides is 2. The van der Waals surface area contributed by atoms with Crippen LogP contribution in [0.5, 0.6) is 17.2 Å². The lowest BCUT2D eigenvalue weighted by Gasteiger charge is -2.29. The highest BCUT2D eigenvalue weighted by Crippen LogP contribution is 2.34. The molecule has 2 amide bonds. The first kappa shape index (κ1) is 19.8. The van der Waals surface area contributed by atoms with E-state index in [0.29, 0.717) is 47.7 Å². The summed E-state index contributed by atoms with van der Waals surface area (Å²) in [5, 5.41) is 1.83. The summed E-state index contributed by atoms with van der Waals surface area (Å²) in [6.45, 7) is 0.777. The summed E-state index contributed by atoms with van der Waals surface area (Å²) >= 11 is 0.642. The third-order valence-electron chi connectivity index (χ3n) is 4.54. The highest BCUT2D eigenvalue weighted by Gasteiger charge is 2.28. The first-order valence-electron chi connectivity index (χ1n) is 9.12. The fourth-order valence-corrected chi connectivity index (χ4v) is 3.60. The third-order valence-corrected chi connectivity index (χ3v) is 5.24. The normalized spacial score (nSPS) is 16.9. The van der Waals surface area contributed by atoms with E-state index in [2.05, 4.69) is 5.32 Å². The maximum atomic E-state index is 12.7. The minimum absolute atomic E-state index is 0.125. The van der Waals surface area contributed by atoms with E-state index in [1.807, 2.05) is 0 Å². The average molecular weight is 426 g/mol. The number of carbonyl (C=O) groups is 3. The van der Waals surface area contributed by atoms with Crippen molar-refractivity contribution in [3.63, 3.8) is 0 Å². The van der Waals surface area contributed by atoms with E-state index in [1.165, 1.54) is 7.11 Å². The topological polar surface area (TPSA) is 94.2 Å². The number of carbonyl (C=O) groups excluding carboxylic acids is 3. The number of fused-ring (bicyclic) bond motifs is 1. The molecular formula is C21H18N2O6S. The number of nitrogens with one attached hydrogen (secondary N) is 1. The van der Waals surface area contributed by atoms with Gasteiger partial charge in [0.05, 0.1) is 24.9 Å². The molecule has 0 unspecified atom stereocenters. The second kappa shape index (κ2) is 8.50. The van der Waals surface area contributed by atoms with Crippen LogP contribution in [0.1, 0.15) is 15.9 Å². The molecule has 1 N–H and O–H groups in total. The second-order valence-electron chi connectivity index (χ2n) is 6.46. The van der Waals surface area contributed by atoms with Crippen LogP contribution in [0.3, 0.4) is 0 Å². The van der Waals surface area contributed by atoms with Crippen molar-refractivity contribution < 1.29 is 28.6 Å². The van der Waals surface area contributed by atoms with Gasteiger partial charge in [0.15, 0.2) is 18.2 Å². The van der Waals surface area contributed by atoms with Gasteiger partial charge in [-0.15, -0.1) is 0 Å². The van der Waals surface area contributed by atoms with Gasteiger partial charge in [0.2, 0.25) is 5.12 Å². The first-order valence-corrected chi connectivity index (χ1v) is 9.93. The Bertz CT molecular complexity index is 1030. The zero-order valence-electron chi connectivity index (χ0n) is 16.0. The predicted molar refractivity (Wildman–Crippen MR) is 111 cm³/mol. The van der Waals surface area contributed by atoms with Crippen molar-refractivity contribution >= 4 is 34.1 Å².